The maximum Gasteiger partial charge on any atom is 0.336 e. The van der Waals surface area contributed by atoms with Crippen molar-refractivity contribution in [2.75, 3.05) is 0 Å². The molecule has 0 unspecified atom stereocenters. The van der Waals surface area contributed by atoms with E-state index in [1.807, 2.05) is 0 Å². The number of carbonyl (C=O) groups is 6. The largest absolute Gasteiger partial charge is 0.336 e. The summed E-state index contributed by atoms with van der Waals surface area (Å²) < 4.78 is 3.35. The second kappa shape index (κ2) is 17.8. The van der Waals surface area contributed by atoms with Gasteiger partial charge in [-0.3, -0.25) is 44.7 Å². The Morgan fingerprint density at radius 3 is 0.784 bits per heavy atom. The van der Waals surface area contributed by atoms with Crippen molar-refractivity contribution in [2.24, 2.45) is 0 Å². The van der Waals surface area contributed by atoms with Crippen LogP contribution in [0, 0.1) is 0 Å². The Kier molecular flexibility index (Phi) is 13.6. The fraction of sp³-hybridized carbons (Fsp3) is 0.583. The van der Waals surface area contributed by atoms with E-state index < -0.39 is 17.1 Å². The van der Waals surface area contributed by atoms with Crippen LogP contribution in [0.3, 0.4) is 0 Å². The average molecular weight is 709 g/mol. The second-order valence-corrected chi connectivity index (χ2v) is 13.5. The molecule has 276 valence electrons. The third kappa shape index (κ3) is 9.44. The summed E-state index contributed by atoms with van der Waals surface area (Å²) in [6.45, 7) is 5.25. The van der Waals surface area contributed by atoms with Crippen LogP contribution in [-0.4, -0.2) is 49.1 Å². The molecule has 0 bridgehead atoms. The first-order chi connectivity index (χ1) is 24.3. The van der Waals surface area contributed by atoms with Gasteiger partial charge in [0.25, 0.3) is 35.4 Å². The van der Waals surface area contributed by atoms with Crippen molar-refractivity contribution < 1.29 is 28.8 Å². The Morgan fingerprint density at radius 2 is 0.569 bits per heavy atom. The monoisotopic (exact) mass is 708 g/mol. The molecule has 0 saturated carbocycles. The molecular formula is C36H48N6O9. The molecule has 0 saturated heterocycles. The smallest absolute Gasteiger partial charge is 0.289 e. The van der Waals surface area contributed by atoms with Gasteiger partial charge in [0.1, 0.15) is 0 Å². The fourth-order valence-corrected chi connectivity index (χ4v) is 6.67. The van der Waals surface area contributed by atoms with E-state index in [4.69, 9.17) is 0 Å². The van der Waals surface area contributed by atoms with Crippen LogP contribution >= 0.6 is 0 Å². The lowest BCUT2D eigenvalue weighted by Crippen LogP contribution is -2.54. The molecule has 6 amide bonds. The van der Waals surface area contributed by atoms with Crippen LogP contribution in [0.4, 0.5) is 0 Å². The normalized spacial score (nSPS) is 16.3. The van der Waals surface area contributed by atoms with Gasteiger partial charge in [0.2, 0.25) is 0 Å². The topological polar surface area (TPSA) is 205 Å². The molecular weight excluding hydrogens is 660 g/mol. The molecule has 0 aliphatic carbocycles. The lowest BCUT2D eigenvalue weighted by Gasteiger charge is -2.14. The maximum atomic E-state index is 13.5. The first-order valence-corrected chi connectivity index (χ1v) is 17.9. The lowest BCUT2D eigenvalue weighted by molar-refractivity contribution is -0.125. The number of nitrogens with zero attached hydrogens (tertiary/aromatic N) is 3. The molecule has 4 rings (SSSR count). The van der Waals surface area contributed by atoms with Gasteiger partial charge in [0.05, 0.1) is 0 Å². The van der Waals surface area contributed by atoms with Crippen LogP contribution in [-0.2, 0) is 48.4 Å². The minimum Gasteiger partial charge on any atom is -0.289 e. The predicted octanol–water partition coefficient (Wildman–Crippen LogP) is 1.94. The molecule has 0 radical (unpaired) electrons. The Bertz CT molecular complexity index is 1640. The summed E-state index contributed by atoms with van der Waals surface area (Å²) in [4.78, 5) is 111. The minimum absolute atomic E-state index is 0.128. The van der Waals surface area contributed by atoms with Gasteiger partial charge in [0.15, 0.2) is 0 Å². The Hall–Kier alpha value is -4.95. The molecule has 3 aliphatic rings. The zero-order valence-electron chi connectivity index (χ0n) is 29.7. The zero-order valence-corrected chi connectivity index (χ0v) is 29.7. The molecule has 3 aliphatic heterocycles. The van der Waals surface area contributed by atoms with E-state index in [1.165, 1.54) is 0 Å². The molecule has 1 aromatic heterocycles. The first-order valence-electron chi connectivity index (χ1n) is 17.9. The van der Waals surface area contributed by atoms with E-state index in [-0.39, 0.29) is 55.1 Å². The molecule has 1 aromatic rings. The van der Waals surface area contributed by atoms with Gasteiger partial charge in [0, 0.05) is 53.1 Å². The number of imide groups is 3. The van der Waals surface area contributed by atoms with Crippen molar-refractivity contribution >= 4 is 35.4 Å². The molecule has 15 heteroatoms. The Labute approximate surface area is 295 Å². The molecule has 15 nitrogen and oxygen atoms in total. The number of hydrogen-bond donors (Lipinski definition) is 3. The van der Waals surface area contributed by atoms with Crippen molar-refractivity contribution in [1.82, 2.24) is 29.7 Å². The summed E-state index contributed by atoms with van der Waals surface area (Å²) in [5.41, 5.74) is 0.810. The summed E-state index contributed by atoms with van der Waals surface area (Å²) >= 11 is 0. The number of amides is 6. The van der Waals surface area contributed by atoms with Crippen LogP contribution < -0.4 is 33.0 Å². The summed E-state index contributed by atoms with van der Waals surface area (Å²) in [7, 11) is 0. The first kappa shape index (κ1) is 38.8. The van der Waals surface area contributed by atoms with Crippen molar-refractivity contribution in [3.05, 3.63) is 64.9 Å². The van der Waals surface area contributed by atoms with Crippen LogP contribution in [0.1, 0.15) is 117 Å². The summed E-state index contributed by atoms with van der Waals surface area (Å²) in [5, 5.41) is 6.87. The van der Waals surface area contributed by atoms with E-state index in [0.717, 1.165) is 33.0 Å². The van der Waals surface area contributed by atoms with Gasteiger partial charge in [-0.15, -0.1) is 0 Å². The Morgan fingerprint density at radius 1 is 0.333 bits per heavy atom. The highest BCUT2D eigenvalue weighted by Gasteiger charge is 2.28. The van der Waals surface area contributed by atoms with Crippen LogP contribution in [0.25, 0.3) is 0 Å². The molecule has 0 spiro atoms. The number of aromatic nitrogens is 3. The molecule has 51 heavy (non-hydrogen) atoms. The molecule has 4 heterocycles. The van der Waals surface area contributed by atoms with Gasteiger partial charge >= 0.3 is 17.1 Å². The van der Waals surface area contributed by atoms with Crippen LogP contribution in [0.2, 0.25) is 0 Å². The number of rotatable bonds is 21. The fourth-order valence-electron chi connectivity index (χ4n) is 6.67. The highest BCUT2D eigenvalue weighted by molar-refractivity contribution is 6.20. The number of nitrogens with one attached hydrogen (secondary N) is 3. The lowest BCUT2D eigenvalue weighted by atomic mass is 10.0. The quantitative estimate of drug-likeness (QED) is 0.126. The zero-order chi connectivity index (χ0) is 37.2. The number of unbranched alkanes of at least 4 members (excludes halogenated alkanes) is 9. The van der Waals surface area contributed by atoms with E-state index in [2.05, 4.69) is 16.0 Å². The highest BCUT2D eigenvalue weighted by atomic mass is 16.2. The molecule has 0 aromatic carbocycles. The Balaban J connectivity index is 1.34. The standard InChI is InChI=1S/C36H48N6O9/c1-22-25(31(46)37-28(22)43)16-10-4-7-13-19-40-34(49)41(20-14-8-5-11-17-26-23(2)29(44)38-32(26)47)36(51)42(35(40)50)21-15-9-6-12-18-27-24(3)30(45)39-33(27)48/h4-21H2,1-3H3,(H,37,43,46)(H,38,44,47)(H,39,45,48). The molecule has 3 N–H and O–H groups in total. The highest BCUT2D eigenvalue weighted by Crippen LogP contribution is 2.21. The summed E-state index contributed by atoms with van der Waals surface area (Å²) in [6, 6.07) is 0. The molecule has 0 fully saturated rings. The third-order valence-corrected chi connectivity index (χ3v) is 9.94. The van der Waals surface area contributed by atoms with E-state index in [1.54, 1.807) is 20.8 Å². The average Bonchev–Trinajstić information content (AvgIpc) is 3.59. The number of hydrogen-bond acceptors (Lipinski definition) is 9. The predicted molar refractivity (Wildman–Crippen MR) is 186 cm³/mol. The van der Waals surface area contributed by atoms with Gasteiger partial charge in [-0.2, -0.15) is 0 Å². The summed E-state index contributed by atoms with van der Waals surface area (Å²) in [5.74, 6) is -2.18. The maximum absolute atomic E-state index is 13.5. The van der Waals surface area contributed by atoms with Crippen LogP contribution in [0.15, 0.2) is 47.8 Å². The van der Waals surface area contributed by atoms with Gasteiger partial charge in [-0.05, 0) is 78.6 Å². The van der Waals surface area contributed by atoms with Crippen molar-refractivity contribution in [3.63, 3.8) is 0 Å². The van der Waals surface area contributed by atoms with E-state index >= 15 is 0 Å². The van der Waals surface area contributed by atoms with Crippen LogP contribution in [0.5, 0.6) is 0 Å². The van der Waals surface area contributed by atoms with Gasteiger partial charge in [-0.25, -0.2) is 28.1 Å². The molecule has 0 atom stereocenters. The SMILES string of the molecule is CC1=C(CCCCCCn2c(=O)n(CCCCCCC3=C(C)C(=O)NC3=O)c(=O)n(CCCCCCC3=C(C)C(=O)NC3=O)c2=O)C(=O)NC1=O. The van der Waals surface area contributed by atoms with Crippen molar-refractivity contribution in [3.8, 4) is 0 Å². The number of carbonyl (C=O) groups excluding carboxylic acids is 6. The van der Waals surface area contributed by atoms with Gasteiger partial charge < -0.3 is 0 Å². The summed E-state index contributed by atoms with van der Waals surface area (Å²) in [6.07, 6.45) is 9.10. The van der Waals surface area contributed by atoms with Crippen molar-refractivity contribution in [1.29, 1.82) is 0 Å². The van der Waals surface area contributed by atoms with Gasteiger partial charge in [-0.1, -0.05) is 38.5 Å². The van der Waals surface area contributed by atoms with E-state index in [9.17, 15) is 43.2 Å². The van der Waals surface area contributed by atoms with E-state index in [0.29, 0.717) is 110 Å². The minimum atomic E-state index is -0.655. The van der Waals surface area contributed by atoms with Crippen molar-refractivity contribution in [2.45, 2.75) is 137 Å². The second-order valence-electron chi connectivity index (χ2n) is 13.5. The third-order valence-electron chi connectivity index (χ3n) is 9.94.